The monoisotopic (exact) mass is 321 g/mol. The largest absolute Gasteiger partial charge is 0.496 e. The minimum atomic E-state index is -4.73. The van der Waals surface area contributed by atoms with E-state index >= 15 is 0 Å². The van der Waals surface area contributed by atoms with Gasteiger partial charge in [0.1, 0.15) is 23.1 Å². The molecule has 0 aliphatic carbocycles. The van der Waals surface area contributed by atoms with Crippen LogP contribution in [0.15, 0.2) is 18.2 Å². The summed E-state index contributed by atoms with van der Waals surface area (Å²) in [6.45, 7) is 0. The Labute approximate surface area is 123 Å². The van der Waals surface area contributed by atoms with Crippen LogP contribution in [0.2, 0.25) is 0 Å². The zero-order valence-electron chi connectivity index (χ0n) is 11.7. The molecule has 1 aromatic rings. The Hall–Kier alpha value is -2.45. The van der Waals surface area contributed by atoms with Crippen LogP contribution in [0.5, 0.6) is 11.5 Å². The molecule has 1 rings (SSSR count). The number of aliphatic carboxylic acids is 1. The van der Waals surface area contributed by atoms with Gasteiger partial charge in [0, 0.05) is 0 Å². The Morgan fingerprint density at radius 3 is 2.09 bits per heavy atom. The summed E-state index contributed by atoms with van der Waals surface area (Å²) in [6, 6.07) is 2.20. The molecule has 0 aliphatic rings. The van der Waals surface area contributed by atoms with Crippen LogP contribution in [-0.4, -0.2) is 43.4 Å². The molecule has 122 valence electrons. The first-order chi connectivity index (χ1) is 10.2. The fourth-order valence-electron chi connectivity index (χ4n) is 1.74. The highest BCUT2D eigenvalue weighted by molar-refractivity contribution is 6.01. The molecule has 2 N–H and O–H groups in total. The van der Waals surface area contributed by atoms with E-state index in [0.29, 0.717) is 0 Å². The maximum Gasteiger partial charge on any atom is 0.391 e. The van der Waals surface area contributed by atoms with Gasteiger partial charge in [-0.1, -0.05) is 6.07 Å². The molecule has 1 unspecified atom stereocenters. The van der Waals surface area contributed by atoms with Crippen molar-refractivity contribution >= 4 is 11.9 Å². The highest BCUT2D eigenvalue weighted by Crippen LogP contribution is 2.28. The van der Waals surface area contributed by atoms with Crippen LogP contribution < -0.4 is 14.8 Å². The Balaban J connectivity index is 3.07. The van der Waals surface area contributed by atoms with E-state index in [-0.39, 0.29) is 17.1 Å². The summed E-state index contributed by atoms with van der Waals surface area (Å²) >= 11 is 0. The summed E-state index contributed by atoms with van der Waals surface area (Å²) in [5, 5.41) is 10.6. The minimum Gasteiger partial charge on any atom is -0.496 e. The second kappa shape index (κ2) is 7.01. The molecule has 1 atom stereocenters. The average molecular weight is 321 g/mol. The number of rotatable bonds is 6. The van der Waals surface area contributed by atoms with E-state index in [4.69, 9.17) is 14.6 Å². The number of halogens is 3. The van der Waals surface area contributed by atoms with Crippen LogP contribution in [-0.2, 0) is 4.79 Å². The van der Waals surface area contributed by atoms with Gasteiger partial charge in [0.05, 0.1) is 20.6 Å². The SMILES string of the molecule is COc1cccc(OC)c1C(=O)NC(CC(F)(F)F)C(=O)O. The highest BCUT2D eigenvalue weighted by Gasteiger charge is 2.37. The predicted octanol–water partition coefficient (Wildman–Crippen LogP) is 1.84. The summed E-state index contributed by atoms with van der Waals surface area (Å²) in [7, 11) is 2.52. The number of methoxy groups -OCH3 is 2. The normalized spacial score (nSPS) is 12.4. The van der Waals surface area contributed by atoms with Gasteiger partial charge in [0.15, 0.2) is 0 Å². The summed E-state index contributed by atoms with van der Waals surface area (Å²) in [5.41, 5.74) is -0.180. The maximum absolute atomic E-state index is 12.3. The van der Waals surface area contributed by atoms with Crippen molar-refractivity contribution in [3.05, 3.63) is 23.8 Å². The third kappa shape index (κ3) is 4.54. The van der Waals surface area contributed by atoms with E-state index in [1.807, 2.05) is 5.32 Å². The van der Waals surface area contributed by atoms with E-state index in [0.717, 1.165) is 0 Å². The lowest BCUT2D eigenvalue weighted by Crippen LogP contribution is -2.43. The second-order valence-corrected chi connectivity index (χ2v) is 4.22. The van der Waals surface area contributed by atoms with Crippen LogP contribution in [0, 0.1) is 0 Å². The Morgan fingerprint density at radius 1 is 1.23 bits per heavy atom. The number of nitrogens with one attached hydrogen (secondary N) is 1. The van der Waals surface area contributed by atoms with Gasteiger partial charge < -0.3 is 19.9 Å². The number of carbonyl (C=O) groups excluding carboxylic acids is 1. The van der Waals surface area contributed by atoms with Crippen molar-refractivity contribution in [1.29, 1.82) is 0 Å². The van der Waals surface area contributed by atoms with Crippen molar-refractivity contribution < 1.29 is 37.3 Å². The summed E-state index contributed by atoms with van der Waals surface area (Å²) in [5.74, 6) is -2.73. The molecule has 0 spiro atoms. The van der Waals surface area contributed by atoms with E-state index in [1.54, 1.807) is 0 Å². The molecule has 0 bridgehead atoms. The lowest BCUT2D eigenvalue weighted by molar-refractivity contribution is -0.157. The first-order valence-electron chi connectivity index (χ1n) is 6.01. The van der Waals surface area contributed by atoms with Gasteiger partial charge in [0.2, 0.25) is 0 Å². The molecule has 0 radical (unpaired) electrons. The fraction of sp³-hybridized carbons (Fsp3) is 0.385. The van der Waals surface area contributed by atoms with Gasteiger partial charge >= 0.3 is 12.1 Å². The summed E-state index contributed by atoms with van der Waals surface area (Å²) in [6.07, 6.45) is -6.42. The third-order valence-electron chi connectivity index (χ3n) is 2.69. The van der Waals surface area contributed by atoms with Crippen molar-refractivity contribution in [2.75, 3.05) is 14.2 Å². The zero-order valence-corrected chi connectivity index (χ0v) is 11.7. The topological polar surface area (TPSA) is 84.9 Å². The highest BCUT2D eigenvalue weighted by atomic mass is 19.4. The Bertz CT molecular complexity index is 537. The van der Waals surface area contributed by atoms with Crippen molar-refractivity contribution in [2.24, 2.45) is 0 Å². The number of carboxylic acids is 1. The molecule has 0 aromatic heterocycles. The lowest BCUT2D eigenvalue weighted by Gasteiger charge is -2.18. The van der Waals surface area contributed by atoms with Gasteiger partial charge in [-0.05, 0) is 12.1 Å². The van der Waals surface area contributed by atoms with Crippen LogP contribution in [0.25, 0.3) is 0 Å². The molecular weight excluding hydrogens is 307 g/mol. The minimum absolute atomic E-state index is 0.0491. The van der Waals surface area contributed by atoms with E-state index in [1.165, 1.54) is 32.4 Å². The molecule has 0 aliphatic heterocycles. The quantitative estimate of drug-likeness (QED) is 0.835. The molecule has 0 saturated heterocycles. The van der Waals surface area contributed by atoms with Crippen molar-refractivity contribution in [3.8, 4) is 11.5 Å². The fourth-order valence-corrected chi connectivity index (χ4v) is 1.74. The number of hydrogen-bond donors (Lipinski definition) is 2. The molecule has 0 heterocycles. The number of carboxylic acid groups (broad SMARTS) is 1. The number of amides is 1. The van der Waals surface area contributed by atoms with E-state index < -0.39 is 30.5 Å². The Morgan fingerprint density at radius 2 is 1.73 bits per heavy atom. The summed E-state index contributed by atoms with van der Waals surface area (Å²) < 4.78 is 46.9. The van der Waals surface area contributed by atoms with E-state index in [9.17, 15) is 22.8 Å². The first-order valence-corrected chi connectivity index (χ1v) is 6.01. The second-order valence-electron chi connectivity index (χ2n) is 4.22. The number of carbonyl (C=O) groups is 2. The number of alkyl halides is 3. The van der Waals surface area contributed by atoms with Crippen LogP contribution in [0.4, 0.5) is 13.2 Å². The van der Waals surface area contributed by atoms with Gasteiger partial charge in [-0.2, -0.15) is 13.2 Å². The summed E-state index contributed by atoms with van der Waals surface area (Å²) in [4.78, 5) is 23.0. The van der Waals surface area contributed by atoms with E-state index in [2.05, 4.69) is 0 Å². The smallest absolute Gasteiger partial charge is 0.391 e. The molecule has 9 heteroatoms. The average Bonchev–Trinajstić information content (AvgIpc) is 2.43. The molecule has 0 fully saturated rings. The molecule has 1 amide bonds. The molecule has 0 saturated carbocycles. The van der Waals surface area contributed by atoms with Gasteiger partial charge in [-0.15, -0.1) is 0 Å². The van der Waals surface area contributed by atoms with Gasteiger partial charge in [-0.25, -0.2) is 4.79 Å². The Kier molecular flexibility index (Phi) is 5.61. The van der Waals surface area contributed by atoms with Crippen molar-refractivity contribution in [2.45, 2.75) is 18.6 Å². The maximum atomic E-state index is 12.3. The predicted molar refractivity (Wildman–Crippen MR) is 69.1 cm³/mol. The van der Waals surface area contributed by atoms with Gasteiger partial charge in [-0.3, -0.25) is 4.79 Å². The number of ether oxygens (including phenoxy) is 2. The number of hydrogen-bond acceptors (Lipinski definition) is 4. The third-order valence-corrected chi connectivity index (χ3v) is 2.69. The standard InChI is InChI=1S/C13H14F3NO5/c1-21-8-4-3-5-9(22-2)10(8)11(18)17-7(12(19)20)6-13(14,15)16/h3-5,7H,6H2,1-2H3,(H,17,18)(H,19,20). The van der Waals surface area contributed by atoms with Crippen LogP contribution in [0.3, 0.4) is 0 Å². The first kappa shape index (κ1) is 17.6. The van der Waals surface area contributed by atoms with Crippen molar-refractivity contribution in [1.82, 2.24) is 5.32 Å². The number of benzene rings is 1. The zero-order chi connectivity index (χ0) is 16.9. The molecular formula is C13H14F3NO5. The van der Waals surface area contributed by atoms with Gasteiger partial charge in [0.25, 0.3) is 5.91 Å². The van der Waals surface area contributed by atoms with Crippen LogP contribution >= 0.6 is 0 Å². The molecule has 1 aromatic carbocycles. The van der Waals surface area contributed by atoms with Crippen LogP contribution in [0.1, 0.15) is 16.8 Å². The lowest BCUT2D eigenvalue weighted by atomic mass is 10.1. The van der Waals surface area contributed by atoms with Crippen molar-refractivity contribution in [3.63, 3.8) is 0 Å². The molecule has 22 heavy (non-hydrogen) atoms. The molecule has 6 nitrogen and oxygen atoms in total.